The SMILES string of the molecule is CC(C)OCCCn1cc(O)c(=O)cc1CN(CCO)CCO. The standard InChI is InChI=1S/C16H28N2O5/c1-13(2)23-9-3-4-18-12-16(22)15(21)10-14(18)11-17(5-7-19)6-8-20/h10,12-13,19-20,22H,3-9,11H2,1-2H3. The molecule has 1 rings (SSSR count). The van der Waals surface area contributed by atoms with E-state index < -0.39 is 5.43 Å². The summed E-state index contributed by atoms with van der Waals surface area (Å²) >= 11 is 0. The molecule has 1 aromatic heterocycles. The van der Waals surface area contributed by atoms with Gasteiger partial charge in [-0.3, -0.25) is 9.69 Å². The predicted molar refractivity (Wildman–Crippen MR) is 87.5 cm³/mol. The first-order valence-electron chi connectivity index (χ1n) is 7.96. The highest BCUT2D eigenvalue weighted by atomic mass is 16.5. The number of rotatable bonds is 11. The normalized spacial score (nSPS) is 11.6. The molecule has 0 spiro atoms. The summed E-state index contributed by atoms with van der Waals surface area (Å²) in [6, 6.07) is 1.40. The molecule has 0 aliphatic carbocycles. The highest BCUT2D eigenvalue weighted by Gasteiger charge is 2.11. The Morgan fingerprint density at radius 3 is 2.48 bits per heavy atom. The summed E-state index contributed by atoms with van der Waals surface area (Å²) in [4.78, 5) is 13.6. The third-order valence-electron chi connectivity index (χ3n) is 3.41. The van der Waals surface area contributed by atoms with E-state index in [0.29, 0.717) is 32.8 Å². The lowest BCUT2D eigenvalue weighted by Gasteiger charge is -2.23. The highest BCUT2D eigenvalue weighted by molar-refractivity contribution is 5.20. The molecule has 0 radical (unpaired) electrons. The van der Waals surface area contributed by atoms with Crippen molar-refractivity contribution in [3.63, 3.8) is 0 Å². The Balaban J connectivity index is 2.82. The van der Waals surface area contributed by atoms with Gasteiger partial charge >= 0.3 is 0 Å². The number of hydrogen-bond donors (Lipinski definition) is 3. The van der Waals surface area contributed by atoms with Crippen molar-refractivity contribution in [1.82, 2.24) is 9.47 Å². The summed E-state index contributed by atoms with van der Waals surface area (Å²) in [5.41, 5.74) is 0.307. The van der Waals surface area contributed by atoms with E-state index >= 15 is 0 Å². The largest absolute Gasteiger partial charge is 0.503 e. The van der Waals surface area contributed by atoms with Crippen molar-refractivity contribution in [2.45, 2.75) is 39.5 Å². The lowest BCUT2D eigenvalue weighted by molar-refractivity contribution is 0.0745. The maximum absolute atomic E-state index is 11.7. The molecule has 0 aliphatic heterocycles. The quantitative estimate of drug-likeness (QED) is 0.501. The van der Waals surface area contributed by atoms with Crippen LogP contribution in [0.2, 0.25) is 0 Å². The summed E-state index contributed by atoms with van der Waals surface area (Å²) in [5.74, 6) is -0.283. The minimum absolute atomic E-state index is 0.0233. The van der Waals surface area contributed by atoms with Crippen LogP contribution in [0.1, 0.15) is 26.0 Å². The second-order valence-corrected chi connectivity index (χ2v) is 5.70. The van der Waals surface area contributed by atoms with Crippen molar-refractivity contribution in [3.05, 3.63) is 28.2 Å². The highest BCUT2D eigenvalue weighted by Crippen LogP contribution is 2.09. The number of aromatic nitrogens is 1. The lowest BCUT2D eigenvalue weighted by atomic mass is 10.2. The fourth-order valence-electron chi connectivity index (χ4n) is 2.28. The summed E-state index contributed by atoms with van der Waals surface area (Å²) in [6.07, 6.45) is 2.36. The molecular weight excluding hydrogens is 300 g/mol. The van der Waals surface area contributed by atoms with E-state index in [-0.39, 0.29) is 25.1 Å². The minimum atomic E-state index is -0.428. The number of aliphatic hydroxyl groups is 2. The molecule has 1 aromatic rings. The number of pyridine rings is 1. The Morgan fingerprint density at radius 1 is 1.26 bits per heavy atom. The molecular formula is C16H28N2O5. The van der Waals surface area contributed by atoms with Gasteiger partial charge in [-0.2, -0.15) is 0 Å². The first kappa shape index (κ1) is 19.6. The van der Waals surface area contributed by atoms with Crippen molar-refractivity contribution < 1.29 is 20.1 Å². The van der Waals surface area contributed by atoms with Gasteiger partial charge in [-0.1, -0.05) is 0 Å². The van der Waals surface area contributed by atoms with E-state index in [2.05, 4.69) is 0 Å². The van der Waals surface area contributed by atoms with E-state index in [1.807, 2.05) is 23.3 Å². The average molecular weight is 328 g/mol. The second-order valence-electron chi connectivity index (χ2n) is 5.70. The molecule has 3 N–H and O–H groups in total. The molecule has 7 heteroatoms. The van der Waals surface area contributed by atoms with Crippen LogP contribution in [0, 0.1) is 0 Å². The van der Waals surface area contributed by atoms with E-state index in [9.17, 15) is 9.90 Å². The molecule has 23 heavy (non-hydrogen) atoms. The van der Waals surface area contributed by atoms with Crippen LogP contribution in [0.4, 0.5) is 0 Å². The van der Waals surface area contributed by atoms with Crippen molar-refractivity contribution in [2.75, 3.05) is 32.9 Å². The van der Waals surface area contributed by atoms with Crippen LogP contribution in [0.3, 0.4) is 0 Å². The molecule has 0 aromatic carbocycles. The van der Waals surface area contributed by atoms with Crippen LogP contribution in [-0.2, 0) is 17.8 Å². The molecule has 0 unspecified atom stereocenters. The van der Waals surface area contributed by atoms with E-state index in [4.69, 9.17) is 14.9 Å². The topological polar surface area (TPSA) is 95.2 Å². The van der Waals surface area contributed by atoms with Crippen LogP contribution in [0.5, 0.6) is 5.75 Å². The van der Waals surface area contributed by atoms with Crippen molar-refractivity contribution in [1.29, 1.82) is 0 Å². The van der Waals surface area contributed by atoms with E-state index in [1.165, 1.54) is 12.3 Å². The zero-order valence-corrected chi connectivity index (χ0v) is 13.9. The third-order valence-corrected chi connectivity index (χ3v) is 3.41. The molecule has 7 nitrogen and oxygen atoms in total. The number of hydrogen-bond acceptors (Lipinski definition) is 6. The monoisotopic (exact) mass is 328 g/mol. The second kappa shape index (κ2) is 10.4. The van der Waals surface area contributed by atoms with Gasteiger partial charge in [0.15, 0.2) is 5.75 Å². The fraction of sp³-hybridized carbons (Fsp3) is 0.688. The molecule has 0 fully saturated rings. The summed E-state index contributed by atoms with van der Waals surface area (Å²) in [6.45, 7) is 6.34. The number of ether oxygens (including phenoxy) is 1. The van der Waals surface area contributed by atoms with Crippen molar-refractivity contribution >= 4 is 0 Å². The van der Waals surface area contributed by atoms with Crippen LogP contribution in [0.25, 0.3) is 0 Å². The van der Waals surface area contributed by atoms with Gasteiger partial charge in [-0.15, -0.1) is 0 Å². The summed E-state index contributed by atoms with van der Waals surface area (Å²) in [5, 5.41) is 27.8. The first-order chi connectivity index (χ1) is 11.0. The van der Waals surface area contributed by atoms with Crippen LogP contribution < -0.4 is 5.43 Å². The molecule has 0 atom stereocenters. The molecule has 132 valence electrons. The van der Waals surface area contributed by atoms with Gasteiger partial charge in [0.1, 0.15) is 0 Å². The van der Waals surface area contributed by atoms with Gasteiger partial charge in [-0.05, 0) is 20.3 Å². The third kappa shape index (κ3) is 7.13. The van der Waals surface area contributed by atoms with Gasteiger partial charge in [0, 0.05) is 44.5 Å². The smallest absolute Gasteiger partial charge is 0.223 e. The summed E-state index contributed by atoms with van der Waals surface area (Å²) in [7, 11) is 0. The van der Waals surface area contributed by atoms with Gasteiger partial charge < -0.3 is 24.6 Å². The van der Waals surface area contributed by atoms with Gasteiger partial charge in [0.25, 0.3) is 0 Å². The molecule has 1 heterocycles. The van der Waals surface area contributed by atoms with E-state index in [0.717, 1.165) is 12.1 Å². The minimum Gasteiger partial charge on any atom is -0.503 e. The van der Waals surface area contributed by atoms with E-state index in [1.54, 1.807) is 0 Å². The number of aromatic hydroxyl groups is 1. The summed E-state index contributed by atoms with van der Waals surface area (Å²) < 4.78 is 7.32. The Kier molecular flexibility index (Phi) is 8.86. The lowest BCUT2D eigenvalue weighted by Crippen LogP contribution is -2.31. The van der Waals surface area contributed by atoms with Crippen LogP contribution in [-0.4, -0.2) is 63.8 Å². The zero-order valence-electron chi connectivity index (χ0n) is 13.9. The Labute approximate surface area is 136 Å². The Bertz CT molecular complexity index is 510. The van der Waals surface area contributed by atoms with Gasteiger partial charge in [-0.25, -0.2) is 0 Å². The molecule has 0 saturated heterocycles. The molecule has 0 saturated carbocycles. The number of nitrogens with zero attached hydrogens (tertiary/aromatic N) is 2. The number of aliphatic hydroxyl groups excluding tert-OH is 2. The Hall–Kier alpha value is -1.41. The number of aryl methyl sites for hydroxylation is 1. The maximum Gasteiger partial charge on any atom is 0.223 e. The molecule has 0 aliphatic rings. The maximum atomic E-state index is 11.7. The van der Waals surface area contributed by atoms with Gasteiger partial charge in [0.05, 0.1) is 25.5 Å². The predicted octanol–water partition coefficient (Wildman–Crippen LogP) is 0.156. The molecule has 0 amide bonds. The first-order valence-corrected chi connectivity index (χ1v) is 7.96. The Morgan fingerprint density at radius 2 is 1.91 bits per heavy atom. The van der Waals surface area contributed by atoms with Crippen LogP contribution >= 0.6 is 0 Å². The van der Waals surface area contributed by atoms with Crippen molar-refractivity contribution in [2.24, 2.45) is 0 Å². The molecule has 0 bridgehead atoms. The average Bonchev–Trinajstić information content (AvgIpc) is 2.48. The zero-order chi connectivity index (χ0) is 17.2. The van der Waals surface area contributed by atoms with Crippen LogP contribution in [0.15, 0.2) is 17.1 Å². The van der Waals surface area contributed by atoms with Gasteiger partial charge in [0.2, 0.25) is 5.43 Å². The fourth-order valence-corrected chi connectivity index (χ4v) is 2.28. The van der Waals surface area contributed by atoms with Crippen molar-refractivity contribution in [3.8, 4) is 5.75 Å².